The Morgan fingerprint density at radius 2 is 1.65 bits per heavy atom. The maximum Gasteiger partial charge on any atom is 0.342 e. The van der Waals surface area contributed by atoms with E-state index in [4.69, 9.17) is 23.4 Å². The number of hydrogen-bond acceptors (Lipinski definition) is 9. The number of aliphatic carboxylic acids is 1. The molecular formula is C27H24N2O7S. The average molecular weight is 521 g/mol. The van der Waals surface area contributed by atoms with E-state index < -0.39 is 5.97 Å². The zero-order chi connectivity index (χ0) is 26.2. The maximum atomic E-state index is 12.0. The van der Waals surface area contributed by atoms with Crippen LogP contribution in [0.2, 0.25) is 0 Å². The van der Waals surface area contributed by atoms with Crippen molar-refractivity contribution in [3.63, 3.8) is 0 Å². The second-order valence-electron chi connectivity index (χ2n) is 7.57. The van der Waals surface area contributed by atoms with Crippen molar-refractivity contribution < 1.29 is 33.3 Å². The molecule has 0 saturated carbocycles. The van der Waals surface area contributed by atoms with E-state index in [1.54, 1.807) is 36.4 Å². The van der Waals surface area contributed by atoms with Gasteiger partial charge in [0.1, 0.15) is 23.0 Å². The minimum absolute atomic E-state index is 0.0153. The summed E-state index contributed by atoms with van der Waals surface area (Å²) >= 11 is 0.839. The SMILES string of the molecule is COc1cc(OC)cc(-c2nnc(S/C(=C\c3ccc(OCc4ccccc4)c(OC)c3)C(=O)O)o2)c1. The number of hydrogen-bond donors (Lipinski definition) is 1. The lowest BCUT2D eigenvalue weighted by molar-refractivity contribution is -0.131. The Hall–Kier alpha value is -4.44. The highest BCUT2D eigenvalue weighted by atomic mass is 32.2. The quantitative estimate of drug-likeness (QED) is 0.199. The Morgan fingerprint density at radius 3 is 2.30 bits per heavy atom. The summed E-state index contributed by atoms with van der Waals surface area (Å²) in [5, 5.41) is 17.9. The fourth-order valence-corrected chi connectivity index (χ4v) is 3.98. The van der Waals surface area contributed by atoms with E-state index in [1.807, 2.05) is 30.3 Å². The summed E-state index contributed by atoms with van der Waals surface area (Å²) in [6.07, 6.45) is 1.49. The molecule has 9 nitrogen and oxygen atoms in total. The lowest BCUT2D eigenvalue weighted by atomic mass is 10.2. The molecule has 0 unspecified atom stereocenters. The highest BCUT2D eigenvalue weighted by Crippen LogP contribution is 2.34. The molecule has 1 heterocycles. The monoisotopic (exact) mass is 520 g/mol. The number of aromatic nitrogens is 2. The molecule has 10 heteroatoms. The van der Waals surface area contributed by atoms with E-state index in [0.717, 1.165) is 17.3 Å². The highest BCUT2D eigenvalue weighted by molar-refractivity contribution is 8.03. The number of carboxylic acid groups (broad SMARTS) is 1. The average Bonchev–Trinajstić information content (AvgIpc) is 3.40. The Morgan fingerprint density at radius 1 is 0.919 bits per heavy atom. The first kappa shape index (κ1) is 25.6. The zero-order valence-corrected chi connectivity index (χ0v) is 21.2. The van der Waals surface area contributed by atoms with Crippen molar-refractivity contribution in [1.82, 2.24) is 10.2 Å². The van der Waals surface area contributed by atoms with Crippen LogP contribution in [-0.4, -0.2) is 42.6 Å². The van der Waals surface area contributed by atoms with Gasteiger partial charge >= 0.3 is 5.97 Å². The van der Waals surface area contributed by atoms with Crippen molar-refractivity contribution in [2.75, 3.05) is 21.3 Å². The molecule has 0 bridgehead atoms. The number of benzene rings is 3. The molecule has 0 saturated heterocycles. The molecule has 4 aromatic rings. The van der Waals surface area contributed by atoms with Crippen LogP contribution in [0.1, 0.15) is 11.1 Å². The van der Waals surface area contributed by atoms with Gasteiger partial charge in [0.15, 0.2) is 11.5 Å². The second-order valence-corrected chi connectivity index (χ2v) is 8.57. The van der Waals surface area contributed by atoms with Gasteiger partial charge in [-0.2, -0.15) is 0 Å². The summed E-state index contributed by atoms with van der Waals surface area (Å²) in [4.78, 5) is 11.9. The topological polar surface area (TPSA) is 113 Å². The van der Waals surface area contributed by atoms with Gasteiger partial charge in [-0.25, -0.2) is 4.79 Å². The van der Waals surface area contributed by atoms with Gasteiger partial charge in [-0.05, 0) is 53.2 Å². The van der Waals surface area contributed by atoms with E-state index in [-0.39, 0.29) is 16.0 Å². The number of carbonyl (C=O) groups is 1. The minimum Gasteiger partial charge on any atom is -0.497 e. The van der Waals surface area contributed by atoms with Crippen LogP contribution in [0.4, 0.5) is 0 Å². The summed E-state index contributed by atoms with van der Waals surface area (Å²) in [6, 6.07) is 20.1. The number of methoxy groups -OCH3 is 3. The van der Waals surface area contributed by atoms with Gasteiger partial charge in [0.05, 0.1) is 21.3 Å². The zero-order valence-electron chi connectivity index (χ0n) is 20.3. The first-order valence-electron chi connectivity index (χ1n) is 11.0. The smallest absolute Gasteiger partial charge is 0.342 e. The lowest BCUT2D eigenvalue weighted by Gasteiger charge is -2.11. The molecule has 0 aliphatic heterocycles. The maximum absolute atomic E-state index is 12.0. The van der Waals surface area contributed by atoms with Crippen LogP contribution in [0.15, 0.2) is 81.3 Å². The number of thioether (sulfide) groups is 1. The van der Waals surface area contributed by atoms with Crippen molar-refractivity contribution in [2.24, 2.45) is 0 Å². The predicted molar refractivity (Wildman–Crippen MR) is 138 cm³/mol. The van der Waals surface area contributed by atoms with Crippen molar-refractivity contribution >= 4 is 23.8 Å². The van der Waals surface area contributed by atoms with Crippen LogP contribution < -0.4 is 18.9 Å². The number of ether oxygens (including phenoxy) is 4. The normalized spacial score (nSPS) is 11.2. The van der Waals surface area contributed by atoms with Crippen molar-refractivity contribution in [2.45, 2.75) is 11.8 Å². The van der Waals surface area contributed by atoms with Gasteiger partial charge in [-0.3, -0.25) is 0 Å². The summed E-state index contributed by atoms with van der Waals surface area (Å²) in [5.74, 6) is 1.19. The van der Waals surface area contributed by atoms with Crippen molar-refractivity contribution in [1.29, 1.82) is 0 Å². The summed E-state index contributed by atoms with van der Waals surface area (Å²) in [6.45, 7) is 0.376. The Labute approximate surface area is 217 Å². The number of carboxylic acids is 1. The summed E-state index contributed by atoms with van der Waals surface area (Å²) < 4.78 is 27.6. The fraction of sp³-hybridized carbons (Fsp3) is 0.148. The van der Waals surface area contributed by atoms with Crippen LogP contribution in [-0.2, 0) is 11.4 Å². The van der Waals surface area contributed by atoms with Gasteiger partial charge < -0.3 is 28.5 Å². The first-order chi connectivity index (χ1) is 18.0. The molecular weight excluding hydrogens is 496 g/mol. The Balaban J connectivity index is 1.53. The van der Waals surface area contributed by atoms with E-state index in [2.05, 4.69) is 10.2 Å². The van der Waals surface area contributed by atoms with E-state index in [1.165, 1.54) is 27.4 Å². The van der Waals surface area contributed by atoms with Crippen molar-refractivity contribution in [3.05, 3.63) is 82.8 Å². The predicted octanol–water partition coefficient (Wildman–Crippen LogP) is 5.56. The Bertz CT molecular complexity index is 1380. The fourth-order valence-electron chi connectivity index (χ4n) is 3.31. The molecule has 1 aromatic heterocycles. The molecule has 3 aromatic carbocycles. The molecule has 37 heavy (non-hydrogen) atoms. The van der Waals surface area contributed by atoms with Crippen LogP contribution in [0, 0.1) is 0 Å². The number of rotatable bonds is 11. The molecule has 190 valence electrons. The van der Waals surface area contributed by atoms with E-state index in [9.17, 15) is 9.90 Å². The van der Waals surface area contributed by atoms with Crippen LogP contribution >= 0.6 is 11.8 Å². The molecule has 0 atom stereocenters. The molecule has 4 rings (SSSR count). The third-order valence-corrected chi connectivity index (χ3v) is 5.99. The van der Waals surface area contributed by atoms with Gasteiger partial charge in [0.25, 0.3) is 5.22 Å². The number of nitrogens with zero attached hydrogens (tertiary/aromatic N) is 2. The molecule has 1 N–H and O–H groups in total. The third-order valence-electron chi connectivity index (χ3n) is 5.14. The van der Waals surface area contributed by atoms with E-state index >= 15 is 0 Å². The van der Waals surface area contributed by atoms with E-state index in [0.29, 0.717) is 40.7 Å². The first-order valence-corrected chi connectivity index (χ1v) is 11.8. The van der Waals surface area contributed by atoms with Crippen LogP contribution in [0.5, 0.6) is 23.0 Å². The minimum atomic E-state index is -1.14. The van der Waals surface area contributed by atoms with Gasteiger partial charge in [-0.15, -0.1) is 10.2 Å². The van der Waals surface area contributed by atoms with Gasteiger partial charge in [0, 0.05) is 11.6 Å². The van der Waals surface area contributed by atoms with Crippen molar-refractivity contribution in [3.8, 4) is 34.5 Å². The molecule has 0 radical (unpaired) electrons. The molecule has 0 spiro atoms. The Kier molecular flexibility index (Phi) is 8.32. The molecule has 0 aliphatic rings. The van der Waals surface area contributed by atoms with Crippen LogP contribution in [0.25, 0.3) is 17.5 Å². The standard InChI is InChI=1S/C27H24N2O7S/c1-32-20-13-19(14-21(15-20)33-2)25-28-29-27(36-25)37-24(26(30)31)12-18-9-10-22(23(11-18)34-3)35-16-17-7-5-4-6-8-17/h4-15H,16H2,1-3H3,(H,30,31)/b24-12-. The largest absolute Gasteiger partial charge is 0.497 e. The lowest BCUT2D eigenvalue weighted by Crippen LogP contribution is -1.99. The van der Waals surface area contributed by atoms with Gasteiger partial charge in [0.2, 0.25) is 5.89 Å². The summed E-state index contributed by atoms with van der Waals surface area (Å²) in [7, 11) is 4.60. The molecule has 0 amide bonds. The highest BCUT2D eigenvalue weighted by Gasteiger charge is 2.17. The molecule has 0 fully saturated rings. The molecule has 0 aliphatic carbocycles. The second kappa shape index (κ2) is 12.0. The van der Waals surface area contributed by atoms with Gasteiger partial charge in [-0.1, -0.05) is 36.4 Å². The van der Waals surface area contributed by atoms with Crippen LogP contribution in [0.3, 0.4) is 0 Å². The summed E-state index contributed by atoms with van der Waals surface area (Å²) in [5.41, 5.74) is 2.20. The third kappa shape index (κ3) is 6.62.